The molecule has 0 radical (unpaired) electrons. The molecule has 1 aliphatic rings. The third-order valence-corrected chi connectivity index (χ3v) is 3.37. The molecule has 1 aromatic heterocycles. The number of rotatable bonds is 2. The van der Waals surface area contributed by atoms with E-state index >= 15 is 0 Å². The molecule has 1 aromatic rings. The second-order valence-corrected chi connectivity index (χ2v) is 5.24. The van der Waals surface area contributed by atoms with Gasteiger partial charge in [0.1, 0.15) is 0 Å². The Balaban J connectivity index is 1.94. The Bertz CT molecular complexity index is 257. The van der Waals surface area contributed by atoms with Crippen molar-refractivity contribution >= 4 is 32.4 Å². The molecular weight excluding hydrogens is 238 g/mol. The molecule has 5 heteroatoms. The van der Waals surface area contributed by atoms with E-state index in [0.717, 1.165) is 9.05 Å². The molecule has 12 heavy (non-hydrogen) atoms. The Morgan fingerprint density at radius 3 is 2.67 bits per heavy atom. The van der Waals surface area contributed by atoms with Gasteiger partial charge in [0.2, 0.25) is 5.13 Å². The van der Waals surface area contributed by atoms with E-state index in [-0.39, 0.29) is 0 Å². The molecule has 0 spiro atoms. The highest BCUT2D eigenvalue weighted by Crippen LogP contribution is 2.25. The molecule has 0 bridgehead atoms. The second kappa shape index (κ2) is 3.70. The van der Waals surface area contributed by atoms with Crippen LogP contribution in [0.5, 0.6) is 0 Å². The Morgan fingerprint density at radius 2 is 2.08 bits per heavy atom. The van der Waals surface area contributed by atoms with Crippen molar-refractivity contribution in [3.63, 3.8) is 0 Å². The van der Waals surface area contributed by atoms with Crippen molar-refractivity contribution in [2.75, 3.05) is 5.32 Å². The van der Waals surface area contributed by atoms with Crippen LogP contribution in [0, 0.1) is 0 Å². The van der Waals surface area contributed by atoms with Crippen molar-refractivity contribution in [1.29, 1.82) is 0 Å². The second-order valence-electron chi connectivity index (χ2n) is 2.99. The Morgan fingerprint density at radius 1 is 1.33 bits per heavy atom. The fourth-order valence-electron chi connectivity index (χ4n) is 1.51. The summed E-state index contributed by atoms with van der Waals surface area (Å²) >= 11 is 4.84. The zero-order chi connectivity index (χ0) is 8.39. The summed E-state index contributed by atoms with van der Waals surface area (Å²) in [4.78, 5) is 0. The van der Waals surface area contributed by atoms with Gasteiger partial charge in [0.15, 0.2) is 3.92 Å². The van der Waals surface area contributed by atoms with E-state index in [1.807, 2.05) is 0 Å². The molecule has 0 amide bonds. The molecule has 0 aromatic carbocycles. The third kappa shape index (κ3) is 1.95. The van der Waals surface area contributed by atoms with E-state index in [1.165, 1.54) is 25.7 Å². The third-order valence-electron chi connectivity index (χ3n) is 2.08. The van der Waals surface area contributed by atoms with Crippen LogP contribution in [-0.2, 0) is 0 Å². The molecule has 0 atom stereocenters. The fourth-order valence-corrected chi connectivity index (χ4v) is 2.60. The molecule has 3 nitrogen and oxygen atoms in total. The van der Waals surface area contributed by atoms with Crippen LogP contribution in [0.15, 0.2) is 3.92 Å². The van der Waals surface area contributed by atoms with Gasteiger partial charge >= 0.3 is 0 Å². The van der Waals surface area contributed by atoms with Gasteiger partial charge in [-0.05, 0) is 28.8 Å². The molecular formula is C7H10BrN3S. The van der Waals surface area contributed by atoms with Gasteiger partial charge in [0, 0.05) is 6.04 Å². The summed E-state index contributed by atoms with van der Waals surface area (Å²) in [5, 5.41) is 12.2. The van der Waals surface area contributed by atoms with Crippen molar-refractivity contribution in [2.45, 2.75) is 31.7 Å². The van der Waals surface area contributed by atoms with E-state index in [9.17, 15) is 0 Å². The molecule has 1 aliphatic carbocycles. The maximum absolute atomic E-state index is 3.99. The van der Waals surface area contributed by atoms with Gasteiger partial charge in [0.25, 0.3) is 0 Å². The van der Waals surface area contributed by atoms with Gasteiger partial charge in [-0.25, -0.2) is 0 Å². The monoisotopic (exact) mass is 247 g/mol. The topological polar surface area (TPSA) is 37.8 Å². The SMILES string of the molecule is Brc1nnc(NC2CCCC2)s1. The molecule has 1 fully saturated rings. The summed E-state index contributed by atoms with van der Waals surface area (Å²) < 4.78 is 0.850. The van der Waals surface area contributed by atoms with Crippen molar-refractivity contribution in [3.05, 3.63) is 3.92 Å². The average Bonchev–Trinajstić information content (AvgIpc) is 2.63. The first-order valence-corrected chi connectivity index (χ1v) is 5.71. The van der Waals surface area contributed by atoms with E-state index in [0.29, 0.717) is 6.04 Å². The van der Waals surface area contributed by atoms with E-state index in [4.69, 9.17) is 0 Å². The maximum atomic E-state index is 3.99. The van der Waals surface area contributed by atoms with E-state index in [2.05, 4.69) is 31.4 Å². The van der Waals surface area contributed by atoms with Crippen LogP contribution in [-0.4, -0.2) is 16.2 Å². The van der Waals surface area contributed by atoms with Crippen LogP contribution in [0.25, 0.3) is 0 Å². The number of nitrogens with one attached hydrogen (secondary N) is 1. The lowest BCUT2D eigenvalue weighted by Gasteiger charge is -2.08. The molecule has 1 N–H and O–H groups in total. The molecule has 0 saturated heterocycles. The highest BCUT2D eigenvalue weighted by molar-refractivity contribution is 9.11. The zero-order valence-corrected chi connectivity index (χ0v) is 8.99. The highest BCUT2D eigenvalue weighted by Gasteiger charge is 2.15. The van der Waals surface area contributed by atoms with Crippen LogP contribution in [0.1, 0.15) is 25.7 Å². The van der Waals surface area contributed by atoms with Gasteiger partial charge in [-0.2, -0.15) is 0 Å². The minimum Gasteiger partial charge on any atom is -0.357 e. The number of hydrogen-bond donors (Lipinski definition) is 1. The van der Waals surface area contributed by atoms with Crippen molar-refractivity contribution in [2.24, 2.45) is 0 Å². The van der Waals surface area contributed by atoms with Crippen molar-refractivity contribution in [1.82, 2.24) is 10.2 Å². The van der Waals surface area contributed by atoms with Crippen molar-refractivity contribution in [3.8, 4) is 0 Å². The lowest BCUT2D eigenvalue weighted by Crippen LogP contribution is -2.13. The van der Waals surface area contributed by atoms with Crippen LogP contribution in [0.3, 0.4) is 0 Å². The summed E-state index contributed by atoms with van der Waals surface area (Å²) in [5.41, 5.74) is 0. The van der Waals surface area contributed by atoms with Gasteiger partial charge in [0.05, 0.1) is 0 Å². The summed E-state index contributed by atoms with van der Waals surface area (Å²) in [6, 6.07) is 0.629. The van der Waals surface area contributed by atoms with Crippen LogP contribution in [0.4, 0.5) is 5.13 Å². The van der Waals surface area contributed by atoms with Gasteiger partial charge in [-0.3, -0.25) is 0 Å². The lowest BCUT2D eigenvalue weighted by atomic mass is 10.3. The Labute approximate surface area is 83.7 Å². The predicted molar refractivity (Wildman–Crippen MR) is 53.5 cm³/mol. The fraction of sp³-hybridized carbons (Fsp3) is 0.714. The molecule has 1 saturated carbocycles. The van der Waals surface area contributed by atoms with Crippen LogP contribution in [0.2, 0.25) is 0 Å². The number of nitrogens with zero attached hydrogens (tertiary/aromatic N) is 2. The highest BCUT2D eigenvalue weighted by atomic mass is 79.9. The van der Waals surface area contributed by atoms with Crippen LogP contribution >= 0.6 is 27.3 Å². The number of halogens is 1. The standard InChI is InChI=1S/C7H10BrN3S/c8-6-10-11-7(12-6)9-5-3-1-2-4-5/h5H,1-4H2,(H,9,11). The summed E-state index contributed by atoms with van der Waals surface area (Å²) in [6.45, 7) is 0. The van der Waals surface area contributed by atoms with Gasteiger partial charge in [-0.1, -0.05) is 24.2 Å². The molecule has 66 valence electrons. The summed E-state index contributed by atoms with van der Waals surface area (Å²) in [6.07, 6.45) is 5.24. The van der Waals surface area contributed by atoms with Crippen LogP contribution < -0.4 is 5.32 Å². The number of anilines is 1. The van der Waals surface area contributed by atoms with E-state index in [1.54, 1.807) is 11.3 Å². The molecule has 0 aliphatic heterocycles. The normalized spacial score (nSPS) is 18.4. The van der Waals surface area contributed by atoms with E-state index < -0.39 is 0 Å². The molecule has 2 rings (SSSR count). The van der Waals surface area contributed by atoms with Gasteiger partial charge in [-0.15, -0.1) is 10.2 Å². The quantitative estimate of drug-likeness (QED) is 0.874. The number of aromatic nitrogens is 2. The average molecular weight is 248 g/mol. The van der Waals surface area contributed by atoms with Gasteiger partial charge < -0.3 is 5.32 Å². The maximum Gasteiger partial charge on any atom is 0.206 e. The van der Waals surface area contributed by atoms with Crippen molar-refractivity contribution < 1.29 is 0 Å². The minimum atomic E-state index is 0.629. The largest absolute Gasteiger partial charge is 0.357 e. The Kier molecular flexibility index (Phi) is 2.60. The summed E-state index contributed by atoms with van der Waals surface area (Å²) in [7, 11) is 0. The minimum absolute atomic E-state index is 0.629. The first kappa shape index (κ1) is 8.44. The lowest BCUT2D eigenvalue weighted by molar-refractivity contribution is 0.751. The smallest absolute Gasteiger partial charge is 0.206 e. The molecule has 0 unspecified atom stereocenters. The first-order valence-electron chi connectivity index (χ1n) is 4.10. The number of hydrogen-bond acceptors (Lipinski definition) is 4. The zero-order valence-electron chi connectivity index (χ0n) is 6.59. The summed E-state index contributed by atoms with van der Waals surface area (Å²) in [5.74, 6) is 0. The Hall–Kier alpha value is -0.160. The predicted octanol–water partition coefficient (Wildman–Crippen LogP) is 2.66. The first-order chi connectivity index (χ1) is 5.84. The molecule has 1 heterocycles.